The van der Waals surface area contributed by atoms with Crippen LogP contribution in [0.25, 0.3) is 0 Å². The molecule has 5 nitrogen and oxygen atoms in total. The molecule has 0 amide bonds. The van der Waals surface area contributed by atoms with Crippen LogP contribution in [-0.4, -0.2) is 29.7 Å². The molecule has 4 aliphatic carbocycles. The fraction of sp³-hybridized carbons (Fsp3) is 0.920. The van der Waals surface area contributed by atoms with Gasteiger partial charge in [0.2, 0.25) is 6.43 Å². The third kappa shape index (κ3) is 4.83. The smallest absolute Gasteiger partial charge is 0.241 e. The minimum absolute atomic E-state index is 0.0353. The van der Waals surface area contributed by atoms with E-state index in [1.807, 2.05) is 13.8 Å². The summed E-state index contributed by atoms with van der Waals surface area (Å²) in [6.07, 6.45) is 6.75. The second kappa shape index (κ2) is 10.4. The zero-order valence-electron chi connectivity index (χ0n) is 20.4. The van der Waals surface area contributed by atoms with Crippen LogP contribution in [0.1, 0.15) is 85.5 Å². The van der Waals surface area contributed by atoms with E-state index < -0.39 is 6.43 Å². The van der Waals surface area contributed by atoms with Gasteiger partial charge in [0.15, 0.2) is 5.78 Å². The summed E-state index contributed by atoms with van der Waals surface area (Å²) in [5.74, 6) is 9.05. The summed E-state index contributed by atoms with van der Waals surface area (Å²) in [6.45, 7) is 8.08. The molecule has 0 saturated heterocycles. The number of alkyl halides is 2. The molecular weight excluding hydrogens is 410 g/mol. The van der Waals surface area contributed by atoms with Crippen molar-refractivity contribution in [1.82, 2.24) is 5.12 Å². The highest BCUT2D eigenvalue weighted by Crippen LogP contribution is 2.64. The number of amidine groups is 1. The standard InChI is InChI=1S/C23H38F2N4O.C2H6/c1-13(26)28-29(27)12-21(30)20-8-7-19-18-6-3-14-11-15(22(24)25)4-5-16(14)17(18)9-10-23(19,20)2;1-2/h14-20,22H,3-12,27H2,1-2H3,(H2,26,28);1-2H3. The summed E-state index contributed by atoms with van der Waals surface area (Å²) < 4.78 is 26.5. The van der Waals surface area contributed by atoms with Crippen LogP contribution < -0.4 is 11.6 Å². The predicted octanol–water partition coefficient (Wildman–Crippen LogP) is 5.20. The van der Waals surface area contributed by atoms with E-state index in [4.69, 9.17) is 11.6 Å². The lowest BCUT2D eigenvalue weighted by atomic mass is 9.49. The number of carbonyl (C=O) groups is 1. The Morgan fingerprint density at radius 2 is 1.75 bits per heavy atom. The largest absolute Gasteiger partial charge is 0.386 e. The second-order valence-corrected chi connectivity index (χ2v) is 10.8. The van der Waals surface area contributed by atoms with Gasteiger partial charge < -0.3 is 5.73 Å². The maximum atomic E-state index is 13.3. The van der Waals surface area contributed by atoms with Gasteiger partial charge >= 0.3 is 0 Å². The van der Waals surface area contributed by atoms with Crippen molar-refractivity contribution < 1.29 is 13.6 Å². The van der Waals surface area contributed by atoms with Gasteiger partial charge in [-0.15, -0.1) is 5.10 Å². The summed E-state index contributed by atoms with van der Waals surface area (Å²) >= 11 is 0. The Kier molecular flexibility index (Phi) is 8.21. The average molecular weight is 455 g/mol. The van der Waals surface area contributed by atoms with Crippen molar-refractivity contribution in [3.05, 3.63) is 0 Å². The first-order chi connectivity index (χ1) is 15.2. The van der Waals surface area contributed by atoms with E-state index in [0.717, 1.165) is 51.4 Å². The number of ketones is 1. The first-order valence-electron chi connectivity index (χ1n) is 12.8. The normalized spacial score (nSPS) is 41.1. The first kappa shape index (κ1) is 25.4. The highest BCUT2D eigenvalue weighted by molar-refractivity contribution is 5.84. The lowest BCUT2D eigenvalue weighted by molar-refractivity contribution is -0.132. The molecule has 0 heterocycles. The van der Waals surface area contributed by atoms with Crippen LogP contribution in [0, 0.1) is 46.8 Å². The molecular formula is C25H44F2N4O. The summed E-state index contributed by atoms with van der Waals surface area (Å²) in [7, 11) is 0. The van der Waals surface area contributed by atoms with E-state index in [1.54, 1.807) is 6.92 Å². The Balaban J connectivity index is 0.00000141. The van der Waals surface area contributed by atoms with E-state index in [9.17, 15) is 13.6 Å². The zero-order valence-corrected chi connectivity index (χ0v) is 20.4. The second-order valence-electron chi connectivity index (χ2n) is 10.8. The number of hydrogen-bond acceptors (Lipinski definition) is 4. The van der Waals surface area contributed by atoms with Crippen molar-refractivity contribution in [3.63, 3.8) is 0 Å². The molecule has 4 fully saturated rings. The van der Waals surface area contributed by atoms with Crippen molar-refractivity contribution in [2.45, 2.75) is 91.9 Å². The van der Waals surface area contributed by atoms with E-state index in [0.29, 0.717) is 41.8 Å². The minimum Gasteiger partial charge on any atom is -0.386 e. The lowest BCUT2D eigenvalue weighted by Gasteiger charge is -2.56. The molecule has 0 aliphatic heterocycles. The Labute approximate surface area is 192 Å². The first-order valence-corrected chi connectivity index (χ1v) is 12.8. The van der Waals surface area contributed by atoms with Crippen LogP contribution in [0.2, 0.25) is 0 Å². The molecule has 4 aliphatic rings. The Bertz CT molecular complexity index is 683. The Morgan fingerprint density at radius 3 is 2.41 bits per heavy atom. The number of hydrogen-bond donors (Lipinski definition) is 2. The van der Waals surface area contributed by atoms with Gasteiger partial charge in [0, 0.05) is 11.8 Å². The van der Waals surface area contributed by atoms with Gasteiger partial charge in [-0.05, 0) is 99.7 Å². The number of carbonyl (C=O) groups excluding carboxylic acids is 1. The Morgan fingerprint density at radius 1 is 1.06 bits per heavy atom. The van der Waals surface area contributed by atoms with Crippen LogP contribution >= 0.6 is 0 Å². The van der Waals surface area contributed by atoms with E-state index in [1.165, 1.54) is 5.12 Å². The molecule has 0 radical (unpaired) electrons. The molecule has 4 saturated carbocycles. The minimum atomic E-state index is -2.16. The summed E-state index contributed by atoms with van der Waals surface area (Å²) in [5, 5.41) is 5.15. The molecule has 0 aromatic carbocycles. The van der Waals surface area contributed by atoms with Crippen LogP contribution in [0.3, 0.4) is 0 Å². The third-order valence-electron chi connectivity index (χ3n) is 9.34. The van der Waals surface area contributed by atoms with Gasteiger partial charge in [0.1, 0.15) is 12.4 Å². The van der Waals surface area contributed by atoms with Crippen LogP contribution in [0.4, 0.5) is 8.78 Å². The van der Waals surface area contributed by atoms with Gasteiger partial charge in [-0.25, -0.2) is 19.7 Å². The van der Waals surface area contributed by atoms with Crippen molar-refractivity contribution >= 4 is 11.6 Å². The third-order valence-corrected chi connectivity index (χ3v) is 9.34. The molecule has 4 N–H and O–H groups in total. The molecule has 0 aromatic rings. The summed E-state index contributed by atoms with van der Waals surface area (Å²) in [5.41, 5.74) is 5.62. The molecule has 0 bridgehead atoms. The van der Waals surface area contributed by atoms with Crippen molar-refractivity contribution in [2.24, 2.45) is 63.5 Å². The number of hydrazone groups is 1. The summed E-state index contributed by atoms with van der Waals surface area (Å²) in [6, 6.07) is 0. The quantitative estimate of drug-likeness (QED) is 0.259. The van der Waals surface area contributed by atoms with Crippen LogP contribution in [-0.2, 0) is 4.79 Å². The molecule has 0 aromatic heterocycles. The fourth-order valence-corrected chi connectivity index (χ4v) is 8.16. The molecule has 7 heteroatoms. The number of halogens is 2. The Hall–Kier alpha value is -1.24. The predicted molar refractivity (Wildman–Crippen MR) is 125 cm³/mol. The van der Waals surface area contributed by atoms with Gasteiger partial charge in [-0.1, -0.05) is 20.8 Å². The van der Waals surface area contributed by atoms with Crippen LogP contribution in [0.5, 0.6) is 0 Å². The molecule has 8 atom stereocenters. The highest BCUT2D eigenvalue weighted by atomic mass is 19.3. The van der Waals surface area contributed by atoms with E-state index in [-0.39, 0.29) is 29.6 Å². The number of fused-ring (bicyclic) bond motifs is 5. The SMILES string of the molecule is C/C(N)=N/N(N)CC(=O)C1CCC2C3CCC4CC(C(F)F)CCC4C3CCC12C.CC. The monoisotopic (exact) mass is 454 g/mol. The number of nitrogens with zero attached hydrogens (tertiary/aromatic N) is 2. The lowest BCUT2D eigenvalue weighted by Crippen LogP contribution is -2.50. The molecule has 184 valence electrons. The highest BCUT2D eigenvalue weighted by Gasteiger charge is 2.58. The van der Waals surface area contributed by atoms with Crippen molar-refractivity contribution in [3.8, 4) is 0 Å². The molecule has 32 heavy (non-hydrogen) atoms. The average Bonchev–Trinajstić information content (AvgIpc) is 3.11. The number of Topliss-reactive ketones (excluding diaryl/α,β-unsaturated/α-hetero) is 1. The number of hydrazine groups is 1. The van der Waals surface area contributed by atoms with Gasteiger partial charge in [-0.2, -0.15) is 0 Å². The number of nitrogens with two attached hydrogens (primary N) is 2. The molecule has 0 spiro atoms. The zero-order chi connectivity index (χ0) is 23.6. The summed E-state index contributed by atoms with van der Waals surface area (Å²) in [4.78, 5) is 13.1. The fourth-order valence-electron chi connectivity index (χ4n) is 8.16. The van der Waals surface area contributed by atoms with Crippen molar-refractivity contribution in [2.75, 3.05) is 6.54 Å². The maximum Gasteiger partial charge on any atom is 0.241 e. The van der Waals surface area contributed by atoms with Gasteiger partial charge in [0.25, 0.3) is 0 Å². The topological polar surface area (TPSA) is 84.7 Å². The van der Waals surface area contributed by atoms with Crippen LogP contribution in [0.15, 0.2) is 5.10 Å². The maximum absolute atomic E-state index is 13.3. The molecule has 4 rings (SSSR count). The van der Waals surface area contributed by atoms with E-state index >= 15 is 0 Å². The molecule has 8 unspecified atom stereocenters. The van der Waals surface area contributed by atoms with E-state index in [2.05, 4.69) is 12.0 Å². The van der Waals surface area contributed by atoms with Crippen molar-refractivity contribution in [1.29, 1.82) is 0 Å². The van der Waals surface area contributed by atoms with Gasteiger partial charge in [0.05, 0.1) is 0 Å². The van der Waals surface area contributed by atoms with Gasteiger partial charge in [-0.3, -0.25) is 4.79 Å². The number of rotatable bonds is 5.